The van der Waals surface area contributed by atoms with Crippen LogP contribution in [0.2, 0.25) is 0 Å². The summed E-state index contributed by atoms with van der Waals surface area (Å²) in [7, 11) is 1.77. The Balaban J connectivity index is 1.52. The van der Waals surface area contributed by atoms with Crippen LogP contribution in [0.5, 0.6) is 0 Å². The van der Waals surface area contributed by atoms with Crippen LogP contribution in [-0.4, -0.2) is 56.5 Å². The van der Waals surface area contributed by atoms with E-state index in [1.54, 1.807) is 7.11 Å². The van der Waals surface area contributed by atoms with Gasteiger partial charge in [0.2, 0.25) is 0 Å². The van der Waals surface area contributed by atoms with Crippen LogP contribution in [0.4, 0.5) is 10.5 Å². The first-order valence-electron chi connectivity index (χ1n) is 10.2. The highest BCUT2D eigenvalue weighted by Crippen LogP contribution is 2.64. The number of hydrogen-bond acceptors (Lipinski definition) is 4. The Morgan fingerprint density at radius 1 is 1.19 bits per heavy atom. The van der Waals surface area contributed by atoms with Gasteiger partial charge in [0, 0.05) is 44.4 Å². The molecule has 4 rings (SSSR count). The predicted molar refractivity (Wildman–Crippen MR) is 106 cm³/mol. The number of piperidine rings is 1. The summed E-state index contributed by atoms with van der Waals surface area (Å²) in [5, 5.41) is 0. The smallest absolute Gasteiger partial charge is 0.410 e. The van der Waals surface area contributed by atoms with Crippen molar-refractivity contribution in [1.82, 2.24) is 4.90 Å². The number of rotatable bonds is 4. The molecule has 148 valence electrons. The van der Waals surface area contributed by atoms with Crippen molar-refractivity contribution in [2.45, 2.75) is 44.6 Å². The van der Waals surface area contributed by atoms with Gasteiger partial charge < -0.3 is 19.3 Å². The summed E-state index contributed by atoms with van der Waals surface area (Å²) in [6.45, 7) is 10.3. The van der Waals surface area contributed by atoms with Gasteiger partial charge in [-0.15, -0.1) is 0 Å². The fourth-order valence-electron chi connectivity index (χ4n) is 5.13. The monoisotopic (exact) mass is 372 g/mol. The molecule has 1 amide bonds. The van der Waals surface area contributed by atoms with Crippen LogP contribution < -0.4 is 4.90 Å². The number of fused-ring (bicyclic) bond motifs is 1. The largest absolute Gasteiger partial charge is 0.444 e. The Labute approximate surface area is 162 Å². The highest BCUT2D eigenvalue weighted by molar-refractivity contribution is 5.70. The molecule has 2 aliphatic heterocycles. The second kappa shape index (κ2) is 6.69. The van der Waals surface area contributed by atoms with E-state index in [1.165, 1.54) is 24.1 Å². The molecule has 0 N–H and O–H groups in total. The number of benzene rings is 1. The molecule has 5 heteroatoms. The number of likely N-dealkylation sites (tertiary alicyclic amines) is 1. The van der Waals surface area contributed by atoms with E-state index in [0.717, 1.165) is 32.8 Å². The lowest BCUT2D eigenvalue weighted by Crippen LogP contribution is -2.39. The van der Waals surface area contributed by atoms with E-state index in [9.17, 15) is 4.79 Å². The summed E-state index contributed by atoms with van der Waals surface area (Å²) < 4.78 is 11.1. The van der Waals surface area contributed by atoms with Gasteiger partial charge in [-0.25, -0.2) is 4.79 Å². The topological polar surface area (TPSA) is 42.0 Å². The van der Waals surface area contributed by atoms with Crippen molar-refractivity contribution in [3.05, 3.63) is 29.8 Å². The number of ether oxygens (including phenoxy) is 2. The molecule has 3 aliphatic rings. The van der Waals surface area contributed by atoms with E-state index in [4.69, 9.17) is 9.47 Å². The average Bonchev–Trinajstić information content (AvgIpc) is 3.06. The van der Waals surface area contributed by atoms with Crippen molar-refractivity contribution in [3.63, 3.8) is 0 Å². The summed E-state index contributed by atoms with van der Waals surface area (Å²) in [6.07, 6.45) is 2.38. The van der Waals surface area contributed by atoms with Crippen LogP contribution in [0.3, 0.4) is 0 Å². The third-order valence-corrected chi connectivity index (χ3v) is 6.44. The minimum Gasteiger partial charge on any atom is -0.444 e. The van der Waals surface area contributed by atoms with Crippen molar-refractivity contribution >= 4 is 11.8 Å². The number of anilines is 1. The maximum Gasteiger partial charge on any atom is 0.410 e. The summed E-state index contributed by atoms with van der Waals surface area (Å²) >= 11 is 0. The molecule has 1 aromatic rings. The highest BCUT2D eigenvalue weighted by Gasteiger charge is 2.70. The first-order chi connectivity index (χ1) is 12.8. The maximum atomic E-state index is 12.6. The highest BCUT2D eigenvalue weighted by atomic mass is 16.6. The number of carbonyl (C=O) groups excluding carboxylic acids is 1. The van der Waals surface area contributed by atoms with Crippen molar-refractivity contribution in [1.29, 1.82) is 0 Å². The van der Waals surface area contributed by atoms with Crippen LogP contribution in [0.15, 0.2) is 24.3 Å². The van der Waals surface area contributed by atoms with Crippen molar-refractivity contribution in [3.8, 4) is 0 Å². The Bertz CT molecular complexity index is 691. The van der Waals surface area contributed by atoms with E-state index in [2.05, 4.69) is 29.2 Å². The molecule has 1 saturated carbocycles. The average molecular weight is 373 g/mol. The van der Waals surface area contributed by atoms with Gasteiger partial charge in [0.05, 0.1) is 6.61 Å². The molecule has 3 atom stereocenters. The SMILES string of the molecule is COCC1C2CN(C(=O)OC(C)(C)C)CC12c1ccc(N2CCCC2)cc1. The van der Waals surface area contributed by atoms with E-state index in [-0.39, 0.29) is 11.5 Å². The third kappa shape index (κ3) is 3.31. The van der Waals surface area contributed by atoms with Crippen LogP contribution in [0.1, 0.15) is 39.2 Å². The normalized spacial score (nSPS) is 29.8. The van der Waals surface area contributed by atoms with Crippen LogP contribution in [-0.2, 0) is 14.9 Å². The zero-order valence-electron chi connectivity index (χ0n) is 17.0. The zero-order valence-corrected chi connectivity index (χ0v) is 17.0. The van der Waals surface area contributed by atoms with Crippen LogP contribution in [0.25, 0.3) is 0 Å². The summed E-state index contributed by atoms with van der Waals surface area (Å²) in [6, 6.07) is 9.05. The molecule has 5 nitrogen and oxygen atoms in total. The van der Waals surface area contributed by atoms with Gasteiger partial charge in [0.1, 0.15) is 5.60 Å². The first-order valence-corrected chi connectivity index (χ1v) is 10.2. The number of carbonyl (C=O) groups is 1. The quantitative estimate of drug-likeness (QED) is 0.809. The van der Waals surface area contributed by atoms with E-state index in [1.807, 2.05) is 25.7 Å². The van der Waals surface area contributed by atoms with Gasteiger partial charge in [-0.05, 0) is 63.1 Å². The van der Waals surface area contributed by atoms with Crippen molar-refractivity contribution in [2.24, 2.45) is 11.8 Å². The molecule has 1 aliphatic carbocycles. The molecule has 2 saturated heterocycles. The summed E-state index contributed by atoms with van der Waals surface area (Å²) in [5.41, 5.74) is 2.22. The molecule has 3 unspecified atom stereocenters. The van der Waals surface area contributed by atoms with E-state index >= 15 is 0 Å². The predicted octanol–water partition coefficient (Wildman–Crippen LogP) is 3.67. The summed E-state index contributed by atoms with van der Waals surface area (Å²) in [4.78, 5) is 16.9. The Hall–Kier alpha value is -1.75. The molecular formula is C22H32N2O3. The summed E-state index contributed by atoms with van der Waals surface area (Å²) in [5.74, 6) is 0.946. The standard InChI is InChI=1S/C22H32N2O3/c1-21(2,3)27-20(25)24-13-18-19(14-26-4)22(18,15-24)16-7-9-17(10-8-16)23-11-5-6-12-23/h7-10,18-19H,5-6,11-15H2,1-4H3. The molecule has 1 aromatic carbocycles. The number of hydrogen-bond donors (Lipinski definition) is 0. The minimum atomic E-state index is -0.458. The molecule has 0 aromatic heterocycles. The third-order valence-electron chi connectivity index (χ3n) is 6.44. The van der Waals surface area contributed by atoms with Crippen LogP contribution in [0, 0.1) is 11.8 Å². The van der Waals surface area contributed by atoms with Crippen molar-refractivity contribution in [2.75, 3.05) is 44.8 Å². The zero-order chi connectivity index (χ0) is 19.2. The Morgan fingerprint density at radius 2 is 1.85 bits per heavy atom. The lowest BCUT2D eigenvalue weighted by Gasteiger charge is -2.28. The second-order valence-electron chi connectivity index (χ2n) is 9.31. The fourth-order valence-corrected chi connectivity index (χ4v) is 5.13. The number of amides is 1. The van der Waals surface area contributed by atoms with Gasteiger partial charge in [-0.2, -0.15) is 0 Å². The Morgan fingerprint density at radius 3 is 2.44 bits per heavy atom. The van der Waals surface area contributed by atoms with Gasteiger partial charge in [0.25, 0.3) is 0 Å². The molecular weight excluding hydrogens is 340 g/mol. The lowest BCUT2D eigenvalue weighted by molar-refractivity contribution is 0.0250. The first kappa shape index (κ1) is 18.6. The van der Waals surface area contributed by atoms with Crippen molar-refractivity contribution < 1.29 is 14.3 Å². The minimum absolute atomic E-state index is 0.0243. The molecule has 0 radical (unpaired) electrons. The second-order valence-corrected chi connectivity index (χ2v) is 9.31. The molecule has 0 spiro atoms. The van der Waals surface area contributed by atoms with Gasteiger partial charge in [-0.3, -0.25) is 0 Å². The fraction of sp³-hybridized carbons (Fsp3) is 0.682. The van der Waals surface area contributed by atoms with Gasteiger partial charge in [0.15, 0.2) is 0 Å². The molecule has 2 heterocycles. The van der Waals surface area contributed by atoms with E-state index in [0.29, 0.717) is 11.8 Å². The Kier molecular flexibility index (Phi) is 4.61. The van der Waals surface area contributed by atoms with Crippen LogP contribution >= 0.6 is 0 Å². The van der Waals surface area contributed by atoms with Gasteiger partial charge >= 0.3 is 6.09 Å². The van der Waals surface area contributed by atoms with E-state index < -0.39 is 5.60 Å². The lowest BCUT2D eigenvalue weighted by atomic mass is 9.92. The number of nitrogens with zero attached hydrogens (tertiary/aromatic N) is 2. The van der Waals surface area contributed by atoms with Gasteiger partial charge in [-0.1, -0.05) is 12.1 Å². The number of methoxy groups -OCH3 is 1. The molecule has 27 heavy (non-hydrogen) atoms. The maximum absolute atomic E-state index is 12.6. The molecule has 0 bridgehead atoms. The molecule has 3 fully saturated rings.